The molecule has 1 heterocycles. The number of carboxylic acids is 1. The zero-order chi connectivity index (χ0) is 16.2. The quantitative estimate of drug-likeness (QED) is 0.829. The van der Waals surface area contributed by atoms with Crippen molar-refractivity contribution < 1.29 is 14.7 Å². The van der Waals surface area contributed by atoms with E-state index >= 15 is 0 Å². The Kier molecular flexibility index (Phi) is 5.93. The van der Waals surface area contributed by atoms with Crippen molar-refractivity contribution in [2.24, 2.45) is 5.92 Å². The first kappa shape index (κ1) is 17.2. The van der Waals surface area contributed by atoms with Crippen LogP contribution in [0.4, 0.5) is 0 Å². The number of nitrogens with zero attached hydrogens (tertiary/aromatic N) is 3. The molecule has 0 unspecified atom stereocenters. The predicted octanol–water partition coefficient (Wildman–Crippen LogP) is 1.63. The Morgan fingerprint density at radius 2 is 1.95 bits per heavy atom. The third-order valence-electron chi connectivity index (χ3n) is 3.46. The molecular weight excluding hydrogens is 270 g/mol. The SMILES string of the molecule is Cc1nn(CC(C)C)c(C)c1CCC(=O)N(C)CC(=O)O. The van der Waals surface area contributed by atoms with Crippen molar-refractivity contribution in [1.29, 1.82) is 0 Å². The van der Waals surface area contributed by atoms with Crippen LogP contribution in [0.15, 0.2) is 0 Å². The molecule has 0 bridgehead atoms. The molecule has 1 N–H and O–H groups in total. The standard InChI is InChI=1S/C15H25N3O3/c1-10(2)8-18-12(4)13(11(3)16-18)6-7-14(19)17(5)9-15(20)21/h10H,6-9H2,1-5H3,(H,20,21). The molecule has 0 aliphatic rings. The van der Waals surface area contributed by atoms with Gasteiger partial charge in [0.05, 0.1) is 5.69 Å². The Morgan fingerprint density at radius 1 is 1.33 bits per heavy atom. The summed E-state index contributed by atoms with van der Waals surface area (Å²) in [6, 6.07) is 0. The molecule has 1 amide bonds. The number of aryl methyl sites for hydroxylation is 1. The molecule has 0 aliphatic heterocycles. The second kappa shape index (κ2) is 7.24. The van der Waals surface area contributed by atoms with Gasteiger partial charge in [0, 0.05) is 25.7 Å². The number of carbonyl (C=O) groups is 2. The fourth-order valence-electron chi connectivity index (χ4n) is 2.33. The fraction of sp³-hybridized carbons (Fsp3) is 0.667. The average Bonchev–Trinajstić information content (AvgIpc) is 2.60. The Balaban J connectivity index is 2.69. The Bertz CT molecular complexity index is 520. The number of hydrogen-bond acceptors (Lipinski definition) is 3. The fourth-order valence-corrected chi connectivity index (χ4v) is 2.33. The first-order valence-electron chi connectivity index (χ1n) is 7.21. The van der Waals surface area contributed by atoms with Crippen molar-refractivity contribution in [3.63, 3.8) is 0 Å². The monoisotopic (exact) mass is 295 g/mol. The number of amides is 1. The van der Waals surface area contributed by atoms with E-state index in [1.165, 1.54) is 11.9 Å². The van der Waals surface area contributed by atoms with Gasteiger partial charge in [-0.2, -0.15) is 5.10 Å². The third kappa shape index (κ3) is 4.88. The van der Waals surface area contributed by atoms with Crippen LogP contribution in [0.2, 0.25) is 0 Å². The predicted molar refractivity (Wildman–Crippen MR) is 80.1 cm³/mol. The van der Waals surface area contributed by atoms with E-state index in [9.17, 15) is 9.59 Å². The molecule has 0 fully saturated rings. The lowest BCUT2D eigenvalue weighted by atomic mass is 10.1. The maximum absolute atomic E-state index is 11.9. The first-order chi connectivity index (χ1) is 9.72. The maximum atomic E-state index is 11.9. The van der Waals surface area contributed by atoms with Gasteiger partial charge in [-0.05, 0) is 31.7 Å². The van der Waals surface area contributed by atoms with E-state index in [0.29, 0.717) is 18.8 Å². The Labute approximate surface area is 125 Å². The first-order valence-corrected chi connectivity index (χ1v) is 7.21. The summed E-state index contributed by atoms with van der Waals surface area (Å²) in [5.41, 5.74) is 3.13. The topological polar surface area (TPSA) is 75.4 Å². The Hall–Kier alpha value is -1.85. The smallest absolute Gasteiger partial charge is 0.323 e. The van der Waals surface area contributed by atoms with Gasteiger partial charge in [0.1, 0.15) is 6.54 Å². The lowest BCUT2D eigenvalue weighted by Gasteiger charge is -2.14. The van der Waals surface area contributed by atoms with Gasteiger partial charge in [-0.15, -0.1) is 0 Å². The highest BCUT2D eigenvalue weighted by Gasteiger charge is 2.16. The molecule has 6 heteroatoms. The van der Waals surface area contributed by atoms with Gasteiger partial charge < -0.3 is 10.0 Å². The number of likely N-dealkylation sites (N-methyl/N-ethyl adjacent to an activating group) is 1. The van der Waals surface area contributed by atoms with E-state index < -0.39 is 5.97 Å². The minimum absolute atomic E-state index is 0.159. The molecule has 0 spiro atoms. The molecule has 0 atom stereocenters. The third-order valence-corrected chi connectivity index (χ3v) is 3.46. The van der Waals surface area contributed by atoms with Crippen molar-refractivity contribution >= 4 is 11.9 Å². The number of aliphatic carboxylic acids is 1. The summed E-state index contributed by atoms with van der Waals surface area (Å²) < 4.78 is 1.99. The van der Waals surface area contributed by atoms with Crippen LogP contribution < -0.4 is 0 Å². The van der Waals surface area contributed by atoms with Crippen molar-refractivity contribution in [1.82, 2.24) is 14.7 Å². The van der Waals surface area contributed by atoms with Gasteiger partial charge in [-0.1, -0.05) is 13.8 Å². The second-order valence-electron chi connectivity index (χ2n) is 5.87. The summed E-state index contributed by atoms with van der Waals surface area (Å²) >= 11 is 0. The van der Waals surface area contributed by atoms with Crippen LogP contribution in [-0.2, 0) is 22.6 Å². The van der Waals surface area contributed by atoms with E-state index in [2.05, 4.69) is 18.9 Å². The maximum Gasteiger partial charge on any atom is 0.323 e. The van der Waals surface area contributed by atoms with Crippen LogP contribution >= 0.6 is 0 Å². The summed E-state index contributed by atoms with van der Waals surface area (Å²) in [5, 5.41) is 13.2. The van der Waals surface area contributed by atoms with Crippen LogP contribution in [0, 0.1) is 19.8 Å². The summed E-state index contributed by atoms with van der Waals surface area (Å²) in [5.74, 6) is -0.644. The summed E-state index contributed by atoms with van der Waals surface area (Å²) in [6.45, 7) is 8.84. The van der Waals surface area contributed by atoms with Crippen molar-refractivity contribution in [2.45, 2.75) is 47.1 Å². The van der Waals surface area contributed by atoms with E-state index in [0.717, 1.165) is 23.5 Å². The highest BCUT2D eigenvalue weighted by atomic mass is 16.4. The molecule has 118 valence electrons. The molecule has 0 saturated carbocycles. The molecule has 1 aromatic rings. The Morgan fingerprint density at radius 3 is 2.48 bits per heavy atom. The highest BCUT2D eigenvalue weighted by molar-refractivity contribution is 5.81. The zero-order valence-electron chi connectivity index (χ0n) is 13.5. The molecule has 6 nitrogen and oxygen atoms in total. The average molecular weight is 295 g/mol. The van der Waals surface area contributed by atoms with Crippen molar-refractivity contribution in [3.05, 3.63) is 17.0 Å². The number of aromatic nitrogens is 2. The van der Waals surface area contributed by atoms with E-state index in [1.807, 2.05) is 18.5 Å². The van der Waals surface area contributed by atoms with Crippen LogP contribution in [0.3, 0.4) is 0 Å². The lowest BCUT2D eigenvalue weighted by molar-refractivity contribution is -0.143. The molecule has 0 saturated heterocycles. The summed E-state index contributed by atoms with van der Waals surface area (Å²) in [7, 11) is 1.51. The number of carbonyl (C=O) groups excluding carboxylic acids is 1. The summed E-state index contributed by atoms with van der Waals surface area (Å²) in [6.07, 6.45) is 0.900. The normalized spacial score (nSPS) is 11.0. The molecule has 0 radical (unpaired) electrons. The van der Waals surface area contributed by atoms with Gasteiger partial charge in [-0.3, -0.25) is 14.3 Å². The molecule has 1 rings (SSSR count). The lowest BCUT2D eigenvalue weighted by Crippen LogP contribution is -2.32. The number of hydrogen-bond donors (Lipinski definition) is 1. The molecule has 1 aromatic heterocycles. The van der Waals surface area contributed by atoms with Crippen molar-refractivity contribution in [2.75, 3.05) is 13.6 Å². The zero-order valence-corrected chi connectivity index (χ0v) is 13.5. The van der Waals surface area contributed by atoms with E-state index in [-0.39, 0.29) is 12.5 Å². The number of carboxylic acid groups (broad SMARTS) is 1. The largest absolute Gasteiger partial charge is 0.480 e. The second-order valence-corrected chi connectivity index (χ2v) is 5.87. The van der Waals surface area contributed by atoms with Gasteiger partial charge >= 0.3 is 5.97 Å². The van der Waals surface area contributed by atoms with Crippen LogP contribution in [0.1, 0.15) is 37.2 Å². The van der Waals surface area contributed by atoms with E-state index in [4.69, 9.17) is 5.11 Å². The molecule has 0 aliphatic carbocycles. The molecule has 0 aromatic carbocycles. The minimum Gasteiger partial charge on any atom is -0.480 e. The van der Waals surface area contributed by atoms with E-state index in [1.54, 1.807) is 0 Å². The highest BCUT2D eigenvalue weighted by Crippen LogP contribution is 2.16. The van der Waals surface area contributed by atoms with Crippen LogP contribution in [0.5, 0.6) is 0 Å². The van der Waals surface area contributed by atoms with Crippen LogP contribution in [-0.4, -0.2) is 45.3 Å². The van der Waals surface area contributed by atoms with Crippen molar-refractivity contribution in [3.8, 4) is 0 Å². The van der Waals surface area contributed by atoms with Gasteiger partial charge in [0.15, 0.2) is 0 Å². The van der Waals surface area contributed by atoms with Gasteiger partial charge in [-0.25, -0.2) is 0 Å². The molecule has 21 heavy (non-hydrogen) atoms. The summed E-state index contributed by atoms with van der Waals surface area (Å²) in [4.78, 5) is 23.7. The minimum atomic E-state index is -0.997. The molecular formula is C15H25N3O3. The van der Waals surface area contributed by atoms with Crippen LogP contribution in [0.25, 0.3) is 0 Å². The number of rotatable bonds is 7. The van der Waals surface area contributed by atoms with Gasteiger partial charge in [0.25, 0.3) is 0 Å². The van der Waals surface area contributed by atoms with Gasteiger partial charge in [0.2, 0.25) is 5.91 Å².